The average Bonchev–Trinajstić information content (AvgIpc) is 3.02. The van der Waals surface area contributed by atoms with Crippen molar-refractivity contribution in [1.29, 1.82) is 0 Å². The van der Waals surface area contributed by atoms with Crippen LogP contribution in [-0.2, 0) is 4.74 Å². The van der Waals surface area contributed by atoms with Crippen LogP contribution >= 0.6 is 0 Å². The molecule has 0 bridgehead atoms. The number of hydrogen-bond donors (Lipinski definition) is 0. The molecule has 3 rings (SSSR count). The predicted octanol–water partition coefficient (Wildman–Crippen LogP) is 1.35. The highest BCUT2D eigenvalue weighted by Gasteiger charge is 2.44. The molecule has 1 amide bonds. The number of carbonyl (C=O) groups is 1. The number of amides is 1. The highest BCUT2D eigenvalue weighted by atomic mass is 19.1. The Balaban J connectivity index is 1.93. The lowest BCUT2D eigenvalue weighted by Gasteiger charge is -2.19. The summed E-state index contributed by atoms with van der Waals surface area (Å²) < 4.78 is 17.9. The lowest BCUT2D eigenvalue weighted by atomic mass is 10.2. The zero-order chi connectivity index (χ0) is 11.1. The molecule has 1 unspecified atom stereocenters. The molecule has 0 aromatic carbocycles. The molecule has 1 aliphatic heterocycles. The Bertz CT molecular complexity index is 436. The van der Waals surface area contributed by atoms with Crippen molar-refractivity contribution in [3.05, 3.63) is 18.3 Å². The maximum absolute atomic E-state index is 12.9. The van der Waals surface area contributed by atoms with E-state index in [2.05, 4.69) is 9.97 Å². The van der Waals surface area contributed by atoms with Gasteiger partial charge in [-0.15, -0.1) is 0 Å². The monoisotopic (exact) mass is 223 g/mol. The Kier molecular flexibility index (Phi) is 2.02. The van der Waals surface area contributed by atoms with E-state index >= 15 is 0 Å². The molecule has 1 aliphatic carbocycles. The number of anilines is 1. The van der Waals surface area contributed by atoms with Crippen molar-refractivity contribution < 1.29 is 13.9 Å². The largest absolute Gasteiger partial charge is 0.447 e. The number of nitrogens with zero attached hydrogens (tertiary/aromatic N) is 3. The summed E-state index contributed by atoms with van der Waals surface area (Å²) in [5, 5.41) is 0. The summed E-state index contributed by atoms with van der Waals surface area (Å²) >= 11 is 0. The van der Waals surface area contributed by atoms with Crippen LogP contribution in [0.1, 0.15) is 12.8 Å². The highest BCUT2D eigenvalue weighted by Crippen LogP contribution is 2.39. The van der Waals surface area contributed by atoms with Crippen LogP contribution in [0.3, 0.4) is 0 Å². The summed E-state index contributed by atoms with van der Waals surface area (Å²) in [4.78, 5) is 20.0. The van der Waals surface area contributed by atoms with Gasteiger partial charge in [-0.1, -0.05) is 0 Å². The van der Waals surface area contributed by atoms with E-state index in [-0.39, 0.29) is 11.9 Å². The highest BCUT2D eigenvalue weighted by molar-refractivity contribution is 5.89. The van der Waals surface area contributed by atoms with Crippen molar-refractivity contribution in [2.45, 2.75) is 18.9 Å². The first-order valence-electron chi connectivity index (χ1n) is 5.20. The fourth-order valence-corrected chi connectivity index (χ4v) is 1.99. The van der Waals surface area contributed by atoms with Gasteiger partial charge >= 0.3 is 12.2 Å². The van der Waals surface area contributed by atoms with Crippen molar-refractivity contribution in [3.8, 4) is 0 Å². The lowest BCUT2D eigenvalue weighted by Crippen LogP contribution is -2.35. The lowest BCUT2D eigenvalue weighted by molar-refractivity contribution is 0.178. The SMILES string of the molecule is O=C1OCC(C2CC2)N1c1ccnc(F)n1. The van der Waals surface area contributed by atoms with Gasteiger partial charge in [-0.05, 0) is 24.8 Å². The minimum atomic E-state index is -0.827. The molecule has 2 fully saturated rings. The van der Waals surface area contributed by atoms with Crippen molar-refractivity contribution >= 4 is 11.9 Å². The van der Waals surface area contributed by atoms with Gasteiger partial charge in [0.05, 0.1) is 6.04 Å². The van der Waals surface area contributed by atoms with E-state index in [1.54, 1.807) is 0 Å². The molecule has 1 aromatic rings. The molecule has 0 spiro atoms. The molecule has 5 nitrogen and oxygen atoms in total. The summed E-state index contributed by atoms with van der Waals surface area (Å²) in [6.45, 7) is 0.370. The van der Waals surface area contributed by atoms with Crippen LogP contribution < -0.4 is 4.90 Å². The van der Waals surface area contributed by atoms with Crippen LogP contribution in [0.2, 0.25) is 0 Å². The van der Waals surface area contributed by atoms with E-state index in [0.717, 1.165) is 12.8 Å². The second-order valence-electron chi connectivity index (χ2n) is 4.04. The second kappa shape index (κ2) is 3.40. The zero-order valence-electron chi connectivity index (χ0n) is 8.47. The first-order chi connectivity index (χ1) is 7.75. The molecule has 84 valence electrons. The van der Waals surface area contributed by atoms with Crippen LogP contribution in [-0.4, -0.2) is 28.7 Å². The summed E-state index contributed by atoms with van der Waals surface area (Å²) in [5.41, 5.74) is 0. The molecule has 0 N–H and O–H groups in total. The predicted molar refractivity (Wildman–Crippen MR) is 52.3 cm³/mol. The van der Waals surface area contributed by atoms with Gasteiger partial charge in [-0.3, -0.25) is 4.90 Å². The van der Waals surface area contributed by atoms with E-state index in [9.17, 15) is 9.18 Å². The number of rotatable bonds is 2. The fourth-order valence-electron chi connectivity index (χ4n) is 1.99. The molecule has 1 aromatic heterocycles. The third-order valence-corrected chi connectivity index (χ3v) is 2.93. The van der Waals surface area contributed by atoms with Gasteiger partial charge in [-0.25, -0.2) is 9.78 Å². The molecule has 16 heavy (non-hydrogen) atoms. The summed E-state index contributed by atoms with van der Waals surface area (Å²) in [5.74, 6) is 0.747. The van der Waals surface area contributed by atoms with Gasteiger partial charge in [-0.2, -0.15) is 9.37 Å². The van der Waals surface area contributed by atoms with E-state index in [4.69, 9.17) is 4.74 Å². The molecule has 1 saturated carbocycles. The molecular weight excluding hydrogens is 213 g/mol. The minimum absolute atomic E-state index is 0.00167. The second-order valence-corrected chi connectivity index (χ2v) is 4.04. The van der Waals surface area contributed by atoms with Crippen LogP contribution in [0.4, 0.5) is 15.0 Å². The van der Waals surface area contributed by atoms with Crippen LogP contribution in [0.15, 0.2) is 12.3 Å². The summed E-state index contributed by atoms with van der Waals surface area (Å²) in [7, 11) is 0. The Labute approximate surface area is 91.2 Å². The first-order valence-corrected chi connectivity index (χ1v) is 5.20. The fraction of sp³-hybridized carbons (Fsp3) is 0.500. The number of aromatic nitrogens is 2. The van der Waals surface area contributed by atoms with Crippen LogP contribution in [0.5, 0.6) is 0 Å². The van der Waals surface area contributed by atoms with Gasteiger partial charge in [0.25, 0.3) is 0 Å². The van der Waals surface area contributed by atoms with Crippen LogP contribution in [0.25, 0.3) is 0 Å². The van der Waals surface area contributed by atoms with Crippen molar-refractivity contribution in [2.75, 3.05) is 11.5 Å². The molecular formula is C10H10FN3O2. The Morgan fingerprint density at radius 3 is 3.00 bits per heavy atom. The molecule has 2 heterocycles. The minimum Gasteiger partial charge on any atom is -0.447 e. The maximum Gasteiger partial charge on any atom is 0.415 e. The third-order valence-electron chi connectivity index (χ3n) is 2.93. The van der Waals surface area contributed by atoms with E-state index in [0.29, 0.717) is 12.5 Å². The number of cyclic esters (lactones) is 1. The van der Waals surface area contributed by atoms with Gasteiger partial charge < -0.3 is 4.74 Å². The van der Waals surface area contributed by atoms with E-state index in [1.807, 2.05) is 0 Å². The van der Waals surface area contributed by atoms with Gasteiger partial charge in [0.1, 0.15) is 12.4 Å². The average molecular weight is 223 g/mol. The molecule has 1 saturated heterocycles. The quantitative estimate of drug-likeness (QED) is 0.710. The van der Waals surface area contributed by atoms with Crippen molar-refractivity contribution in [2.24, 2.45) is 5.92 Å². The molecule has 0 radical (unpaired) electrons. The van der Waals surface area contributed by atoms with Crippen LogP contribution in [0, 0.1) is 12.0 Å². The third kappa shape index (κ3) is 1.50. The smallest absolute Gasteiger partial charge is 0.415 e. The standard InChI is InChI=1S/C10H10FN3O2/c11-9-12-4-3-8(13-9)14-7(6-1-2-6)5-16-10(14)15/h3-4,6-7H,1-2,5H2. The molecule has 2 aliphatic rings. The normalized spacial score (nSPS) is 24.7. The zero-order valence-corrected chi connectivity index (χ0v) is 8.47. The Morgan fingerprint density at radius 2 is 2.31 bits per heavy atom. The number of carbonyl (C=O) groups excluding carboxylic acids is 1. The maximum atomic E-state index is 12.9. The molecule has 6 heteroatoms. The Hall–Kier alpha value is -1.72. The van der Waals surface area contributed by atoms with E-state index < -0.39 is 12.2 Å². The van der Waals surface area contributed by atoms with Gasteiger partial charge in [0, 0.05) is 6.20 Å². The number of ether oxygens (including phenoxy) is 1. The summed E-state index contributed by atoms with van der Waals surface area (Å²) in [6.07, 6.45) is 2.20. The van der Waals surface area contributed by atoms with Gasteiger partial charge in [0.15, 0.2) is 0 Å². The van der Waals surface area contributed by atoms with Crippen molar-refractivity contribution in [3.63, 3.8) is 0 Å². The Morgan fingerprint density at radius 1 is 1.50 bits per heavy atom. The number of hydrogen-bond acceptors (Lipinski definition) is 4. The topological polar surface area (TPSA) is 55.3 Å². The molecule has 1 atom stereocenters. The number of halogens is 1. The van der Waals surface area contributed by atoms with Gasteiger partial charge in [0.2, 0.25) is 0 Å². The van der Waals surface area contributed by atoms with E-state index in [1.165, 1.54) is 17.2 Å². The van der Waals surface area contributed by atoms with Crippen molar-refractivity contribution in [1.82, 2.24) is 9.97 Å². The summed E-state index contributed by atoms with van der Waals surface area (Å²) in [6, 6.07) is 1.52. The first kappa shape index (κ1) is 9.50.